The highest BCUT2D eigenvalue weighted by Gasteiger charge is 2.42. The molecule has 0 bridgehead atoms. The summed E-state index contributed by atoms with van der Waals surface area (Å²) >= 11 is 0. The van der Waals surface area contributed by atoms with Crippen LogP contribution in [0, 0.1) is 0 Å². The monoisotopic (exact) mass is 330 g/mol. The lowest BCUT2D eigenvalue weighted by atomic mass is 10.1. The fraction of sp³-hybridized carbons (Fsp3) is 0.529. The Balaban J connectivity index is 1.59. The maximum absolute atomic E-state index is 12.3. The van der Waals surface area contributed by atoms with Crippen LogP contribution in [0.4, 0.5) is 0 Å². The molecule has 3 heterocycles. The molecule has 7 nitrogen and oxygen atoms in total. The average molecular weight is 330 g/mol. The van der Waals surface area contributed by atoms with Crippen LogP contribution in [0.2, 0.25) is 0 Å². The van der Waals surface area contributed by atoms with E-state index in [2.05, 4.69) is 22.5 Å². The van der Waals surface area contributed by atoms with Gasteiger partial charge in [0.1, 0.15) is 11.7 Å². The number of piperazine rings is 1. The number of aromatic nitrogens is 1. The Morgan fingerprint density at radius 2 is 2.25 bits per heavy atom. The zero-order valence-corrected chi connectivity index (χ0v) is 13.7. The number of carbonyl (C=O) groups is 3. The summed E-state index contributed by atoms with van der Waals surface area (Å²) in [7, 11) is 0. The first-order valence-corrected chi connectivity index (χ1v) is 8.41. The molecule has 0 spiro atoms. The first-order chi connectivity index (χ1) is 11.6. The Morgan fingerprint density at radius 1 is 1.42 bits per heavy atom. The van der Waals surface area contributed by atoms with Crippen molar-refractivity contribution < 1.29 is 14.4 Å². The normalized spacial score (nSPS) is 23.0. The van der Waals surface area contributed by atoms with Gasteiger partial charge in [0.2, 0.25) is 11.8 Å². The average Bonchev–Trinajstić information content (AvgIpc) is 3.02. The molecule has 1 aromatic rings. The number of fused-ring (bicyclic) bond motifs is 1. The lowest BCUT2D eigenvalue weighted by Gasteiger charge is -2.28. The maximum Gasteiger partial charge on any atom is 0.270 e. The number of nitrogens with one attached hydrogen (secondary N) is 2. The number of pyridine rings is 1. The second-order valence-electron chi connectivity index (χ2n) is 6.34. The van der Waals surface area contributed by atoms with Crippen LogP contribution in [0.1, 0.15) is 42.2 Å². The lowest BCUT2D eigenvalue weighted by Crippen LogP contribution is -2.55. The number of rotatable bonds is 5. The number of aryl methyl sites for hydroxylation is 1. The van der Waals surface area contributed by atoms with Gasteiger partial charge in [0.25, 0.3) is 5.91 Å². The van der Waals surface area contributed by atoms with Gasteiger partial charge >= 0.3 is 0 Å². The number of hydrogen-bond donors (Lipinski definition) is 2. The number of hydrogen-bond acceptors (Lipinski definition) is 4. The summed E-state index contributed by atoms with van der Waals surface area (Å²) < 4.78 is 0. The van der Waals surface area contributed by atoms with Gasteiger partial charge in [0.05, 0.1) is 6.54 Å². The summed E-state index contributed by atoms with van der Waals surface area (Å²) in [6.45, 7) is 2.55. The number of nitrogens with zero attached hydrogens (tertiary/aromatic N) is 2. The van der Waals surface area contributed by atoms with Crippen LogP contribution >= 0.6 is 0 Å². The zero-order chi connectivity index (χ0) is 17.1. The Kier molecular flexibility index (Phi) is 4.78. The quantitative estimate of drug-likeness (QED) is 0.810. The summed E-state index contributed by atoms with van der Waals surface area (Å²) in [5, 5.41) is 5.46. The molecule has 0 saturated carbocycles. The standard InChI is InChI=1S/C17H22N4O3/c1-2-3-4-11-5-6-13(18-8-11)16(23)20-12-7-14-17(24)19-9-15(22)21(14)10-12/h5-6,8,12,14H,2-4,7,9-10H2,1H3,(H,19,24)(H,20,23)/t12-,14+/m1/s1. The first kappa shape index (κ1) is 16.4. The van der Waals surface area contributed by atoms with Crippen LogP contribution in [0.3, 0.4) is 0 Å². The van der Waals surface area contributed by atoms with Crippen molar-refractivity contribution in [1.82, 2.24) is 20.5 Å². The van der Waals surface area contributed by atoms with Gasteiger partial charge in [-0.3, -0.25) is 19.4 Å². The van der Waals surface area contributed by atoms with Crippen molar-refractivity contribution in [1.29, 1.82) is 0 Å². The van der Waals surface area contributed by atoms with E-state index in [4.69, 9.17) is 0 Å². The molecule has 1 aromatic heterocycles. The van der Waals surface area contributed by atoms with Crippen LogP contribution in [0.5, 0.6) is 0 Å². The molecule has 24 heavy (non-hydrogen) atoms. The molecule has 2 fully saturated rings. The molecule has 7 heteroatoms. The molecule has 0 aliphatic carbocycles. The van der Waals surface area contributed by atoms with Crippen molar-refractivity contribution in [3.05, 3.63) is 29.6 Å². The summed E-state index contributed by atoms with van der Waals surface area (Å²) in [6, 6.07) is 2.95. The summed E-state index contributed by atoms with van der Waals surface area (Å²) in [5.41, 5.74) is 1.48. The van der Waals surface area contributed by atoms with Gasteiger partial charge < -0.3 is 15.5 Å². The first-order valence-electron chi connectivity index (χ1n) is 8.41. The molecular formula is C17H22N4O3. The van der Waals surface area contributed by atoms with Crippen LogP contribution in [0.15, 0.2) is 18.3 Å². The zero-order valence-electron chi connectivity index (χ0n) is 13.7. The maximum atomic E-state index is 12.3. The topological polar surface area (TPSA) is 91.4 Å². The van der Waals surface area contributed by atoms with Crippen LogP contribution < -0.4 is 10.6 Å². The van der Waals surface area contributed by atoms with Gasteiger partial charge in [-0.1, -0.05) is 19.4 Å². The van der Waals surface area contributed by atoms with E-state index in [1.165, 1.54) is 0 Å². The largest absolute Gasteiger partial charge is 0.346 e. The molecule has 2 atom stereocenters. The van der Waals surface area contributed by atoms with Gasteiger partial charge in [-0.05, 0) is 30.9 Å². The van der Waals surface area contributed by atoms with Crippen molar-refractivity contribution in [3.63, 3.8) is 0 Å². The smallest absolute Gasteiger partial charge is 0.270 e. The summed E-state index contributed by atoms with van der Waals surface area (Å²) in [6.07, 6.45) is 5.36. The third-order valence-electron chi connectivity index (χ3n) is 4.55. The molecule has 2 N–H and O–H groups in total. The number of carbonyl (C=O) groups excluding carboxylic acids is 3. The van der Waals surface area contributed by atoms with Gasteiger partial charge in [-0.25, -0.2) is 0 Å². The van der Waals surface area contributed by atoms with Gasteiger partial charge in [-0.15, -0.1) is 0 Å². The molecule has 2 saturated heterocycles. The molecule has 0 radical (unpaired) electrons. The van der Waals surface area contributed by atoms with Crippen LogP contribution in [0.25, 0.3) is 0 Å². The van der Waals surface area contributed by atoms with E-state index in [1.807, 2.05) is 6.07 Å². The molecule has 3 amide bonds. The van der Waals surface area contributed by atoms with E-state index in [1.54, 1.807) is 17.2 Å². The fourth-order valence-corrected chi connectivity index (χ4v) is 3.19. The minimum Gasteiger partial charge on any atom is -0.346 e. The van der Waals surface area contributed by atoms with E-state index in [-0.39, 0.29) is 30.3 Å². The third kappa shape index (κ3) is 3.39. The molecular weight excluding hydrogens is 308 g/mol. The Labute approximate surface area is 140 Å². The second kappa shape index (κ2) is 6.98. The number of amides is 3. The predicted molar refractivity (Wildman–Crippen MR) is 87.2 cm³/mol. The van der Waals surface area contributed by atoms with Crippen molar-refractivity contribution in [2.75, 3.05) is 13.1 Å². The van der Waals surface area contributed by atoms with Gasteiger partial charge in [-0.2, -0.15) is 0 Å². The Morgan fingerprint density at radius 3 is 2.92 bits per heavy atom. The third-order valence-corrected chi connectivity index (χ3v) is 4.55. The molecule has 2 aliphatic rings. The molecule has 128 valence electrons. The highest BCUT2D eigenvalue weighted by molar-refractivity contribution is 5.96. The second-order valence-corrected chi connectivity index (χ2v) is 6.34. The fourth-order valence-electron chi connectivity index (χ4n) is 3.19. The molecule has 0 unspecified atom stereocenters. The highest BCUT2D eigenvalue weighted by Crippen LogP contribution is 2.20. The summed E-state index contributed by atoms with van der Waals surface area (Å²) in [5.74, 6) is -0.519. The molecule has 0 aromatic carbocycles. The molecule has 2 aliphatic heterocycles. The van der Waals surface area contributed by atoms with E-state index in [9.17, 15) is 14.4 Å². The van der Waals surface area contributed by atoms with Crippen LogP contribution in [-0.2, 0) is 16.0 Å². The number of unbranched alkanes of at least 4 members (excludes halogenated alkanes) is 1. The van der Waals surface area contributed by atoms with Crippen molar-refractivity contribution >= 4 is 17.7 Å². The van der Waals surface area contributed by atoms with Crippen molar-refractivity contribution in [3.8, 4) is 0 Å². The lowest BCUT2D eigenvalue weighted by molar-refractivity contribution is -0.143. The minimum absolute atomic E-state index is 0.0385. The summed E-state index contributed by atoms with van der Waals surface area (Å²) in [4.78, 5) is 41.7. The minimum atomic E-state index is -0.471. The van der Waals surface area contributed by atoms with E-state index < -0.39 is 6.04 Å². The van der Waals surface area contributed by atoms with E-state index in [0.717, 1.165) is 24.8 Å². The van der Waals surface area contributed by atoms with E-state index >= 15 is 0 Å². The van der Waals surface area contributed by atoms with Gasteiger partial charge in [0.15, 0.2) is 0 Å². The van der Waals surface area contributed by atoms with Gasteiger partial charge in [0, 0.05) is 18.8 Å². The Bertz CT molecular complexity index is 620. The van der Waals surface area contributed by atoms with Crippen LogP contribution in [-0.4, -0.2) is 52.8 Å². The Hall–Kier alpha value is -2.44. The van der Waals surface area contributed by atoms with Crippen molar-refractivity contribution in [2.45, 2.75) is 44.7 Å². The van der Waals surface area contributed by atoms with E-state index in [0.29, 0.717) is 18.7 Å². The van der Waals surface area contributed by atoms with Crippen molar-refractivity contribution in [2.24, 2.45) is 0 Å². The molecule has 3 rings (SSSR count). The SMILES string of the molecule is CCCCc1ccc(C(=O)N[C@@H]2C[C@H]3C(=O)NCC(=O)N3C2)nc1. The predicted octanol–water partition coefficient (Wildman–Crippen LogP) is 0.253. The highest BCUT2D eigenvalue weighted by atomic mass is 16.2.